The van der Waals surface area contributed by atoms with Gasteiger partial charge in [0.05, 0.1) is 0 Å². The van der Waals surface area contributed by atoms with Crippen molar-refractivity contribution in [1.29, 1.82) is 0 Å². The van der Waals surface area contributed by atoms with E-state index in [1.165, 1.54) is 5.57 Å². The van der Waals surface area contributed by atoms with Gasteiger partial charge in [0.25, 0.3) is 0 Å². The molecule has 4 heteroatoms. The van der Waals surface area contributed by atoms with Gasteiger partial charge in [-0.3, -0.25) is 5.84 Å². The van der Waals surface area contributed by atoms with Gasteiger partial charge >= 0.3 is 0 Å². The summed E-state index contributed by atoms with van der Waals surface area (Å²) in [4.78, 5) is 8.38. The number of nitrogens with two attached hydrogens (primary N) is 1. The second-order valence-corrected chi connectivity index (χ2v) is 3.05. The van der Waals surface area contributed by atoms with Gasteiger partial charge in [0.15, 0.2) is 5.82 Å². The molecule has 4 nitrogen and oxygen atoms in total. The van der Waals surface area contributed by atoms with E-state index in [2.05, 4.69) is 16.0 Å². The lowest BCUT2D eigenvalue weighted by atomic mass is 10.1. The Morgan fingerprint density at radius 2 is 2.08 bits per heavy atom. The highest BCUT2D eigenvalue weighted by atomic mass is 15.4. The van der Waals surface area contributed by atoms with E-state index < -0.39 is 0 Å². The van der Waals surface area contributed by atoms with Crippen LogP contribution in [0.2, 0.25) is 0 Å². The topological polar surface area (TPSA) is 55.0 Å². The predicted molar refractivity (Wildman–Crippen MR) is 50.4 cm³/mol. The summed E-state index contributed by atoms with van der Waals surface area (Å²) in [6.07, 6.45) is 6.54. The number of nitrogens with zero attached hydrogens (tertiary/aromatic N) is 3. The van der Waals surface area contributed by atoms with Crippen LogP contribution in [0.15, 0.2) is 24.5 Å². The summed E-state index contributed by atoms with van der Waals surface area (Å²) >= 11 is 0. The minimum atomic E-state index is 0.785. The highest BCUT2D eigenvalue weighted by Gasteiger charge is 2.10. The monoisotopic (exact) mass is 176 g/mol. The molecule has 0 atom stereocenters. The molecular weight excluding hydrogens is 164 g/mol. The summed E-state index contributed by atoms with van der Waals surface area (Å²) in [5, 5.41) is 1.78. The maximum atomic E-state index is 5.62. The Balaban J connectivity index is 2.19. The third-order valence-electron chi connectivity index (χ3n) is 2.09. The lowest BCUT2D eigenvalue weighted by Crippen LogP contribution is -2.34. The second kappa shape index (κ2) is 3.64. The summed E-state index contributed by atoms with van der Waals surface area (Å²) in [6.45, 7) is 1.66. The number of hydrogen-bond acceptors (Lipinski definition) is 4. The van der Waals surface area contributed by atoms with E-state index in [0.717, 1.165) is 25.3 Å². The number of aromatic nitrogens is 2. The summed E-state index contributed by atoms with van der Waals surface area (Å²) < 4.78 is 0. The fraction of sp³-hybridized carbons (Fsp3) is 0.333. The van der Waals surface area contributed by atoms with Crippen LogP contribution in [0.25, 0.3) is 5.57 Å². The molecular formula is C9H12N4. The maximum Gasteiger partial charge on any atom is 0.154 e. The zero-order valence-electron chi connectivity index (χ0n) is 7.35. The van der Waals surface area contributed by atoms with Crippen LogP contribution in [0.4, 0.5) is 0 Å². The molecule has 0 saturated heterocycles. The van der Waals surface area contributed by atoms with Crippen molar-refractivity contribution in [3.63, 3.8) is 0 Å². The fourth-order valence-corrected chi connectivity index (χ4v) is 1.35. The molecule has 1 aromatic heterocycles. The molecule has 13 heavy (non-hydrogen) atoms. The molecule has 0 fully saturated rings. The molecule has 0 unspecified atom stereocenters. The molecule has 2 N–H and O–H groups in total. The van der Waals surface area contributed by atoms with Crippen LogP contribution in [-0.4, -0.2) is 28.1 Å². The third kappa shape index (κ3) is 1.91. The van der Waals surface area contributed by atoms with Crippen molar-refractivity contribution in [3.8, 4) is 0 Å². The zero-order valence-corrected chi connectivity index (χ0v) is 7.35. The van der Waals surface area contributed by atoms with Gasteiger partial charge < -0.3 is 0 Å². The Morgan fingerprint density at radius 1 is 1.31 bits per heavy atom. The first kappa shape index (κ1) is 8.34. The Hall–Kier alpha value is -1.26. The number of rotatable bonds is 1. The Bertz CT molecular complexity index is 307. The van der Waals surface area contributed by atoms with Crippen molar-refractivity contribution in [2.45, 2.75) is 6.42 Å². The smallest absolute Gasteiger partial charge is 0.154 e. The highest BCUT2D eigenvalue weighted by Crippen LogP contribution is 2.16. The van der Waals surface area contributed by atoms with Crippen LogP contribution in [0.5, 0.6) is 0 Å². The molecule has 0 spiro atoms. The van der Waals surface area contributed by atoms with E-state index in [1.807, 2.05) is 6.07 Å². The van der Waals surface area contributed by atoms with Gasteiger partial charge in [-0.2, -0.15) is 0 Å². The van der Waals surface area contributed by atoms with Crippen molar-refractivity contribution in [3.05, 3.63) is 30.4 Å². The Kier molecular flexibility index (Phi) is 2.33. The SMILES string of the molecule is NN1CC=C(c2ncccn2)CC1. The zero-order chi connectivity index (χ0) is 9.10. The van der Waals surface area contributed by atoms with Crippen molar-refractivity contribution >= 4 is 5.57 Å². The summed E-state index contributed by atoms with van der Waals surface area (Å²) in [5.41, 5.74) is 1.20. The average Bonchev–Trinajstić information content (AvgIpc) is 2.20. The van der Waals surface area contributed by atoms with E-state index >= 15 is 0 Å². The van der Waals surface area contributed by atoms with Gasteiger partial charge in [0.2, 0.25) is 0 Å². The molecule has 1 aliphatic rings. The predicted octanol–water partition coefficient (Wildman–Crippen LogP) is 0.439. The largest absolute Gasteiger partial charge is 0.268 e. The normalized spacial score (nSPS) is 18.4. The molecule has 1 aromatic rings. The van der Waals surface area contributed by atoms with Crippen molar-refractivity contribution in [2.75, 3.05) is 13.1 Å². The Morgan fingerprint density at radius 3 is 2.69 bits per heavy atom. The fourth-order valence-electron chi connectivity index (χ4n) is 1.35. The number of hydrazine groups is 1. The van der Waals surface area contributed by atoms with Crippen LogP contribution in [0, 0.1) is 0 Å². The molecule has 68 valence electrons. The molecule has 0 amide bonds. The molecule has 2 rings (SSSR count). The average molecular weight is 176 g/mol. The highest BCUT2D eigenvalue weighted by molar-refractivity contribution is 5.60. The Labute approximate surface area is 77.1 Å². The molecule has 2 heterocycles. The van der Waals surface area contributed by atoms with Crippen LogP contribution in [0.3, 0.4) is 0 Å². The standard InChI is InChI=1S/C9H12N4/c10-13-6-2-8(3-7-13)9-11-4-1-5-12-9/h1-2,4-5H,3,6-7,10H2. The molecule has 0 aliphatic carbocycles. The third-order valence-corrected chi connectivity index (χ3v) is 2.09. The minimum Gasteiger partial charge on any atom is -0.268 e. The van der Waals surface area contributed by atoms with E-state index in [1.54, 1.807) is 17.4 Å². The van der Waals surface area contributed by atoms with Gasteiger partial charge in [-0.05, 0) is 18.1 Å². The molecule has 0 aromatic carbocycles. The van der Waals surface area contributed by atoms with E-state index in [0.29, 0.717) is 0 Å². The first-order chi connectivity index (χ1) is 6.36. The van der Waals surface area contributed by atoms with Crippen LogP contribution >= 0.6 is 0 Å². The second-order valence-electron chi connectivity index (χ2n) is 3.05. The van der Waals surface area contributed by atoms with Gasteiger partial charge in [-0.1, -0.05) is 6.08 Å². The van der Waals surface area contributed by atoms with E-state index in [-0.39, 0.29) is 0 Å². The molecule has 1 aliphatic heterocycles. The number of hydrogen-bond donors (Lipinski definition) is 1. The first-order valence-corrected chi connectivity index (χ1v) is 4.32. The van der Waals surface area contributed by atoms with Crippen molar-refractivity contribution in [2.24, 2.45) is 5.84 Å². The molecule has 0 bridgehead atoms. The summed E-state index contributed by atoms with van der Waals surface area (Å²) in [5.74, 6) is 6.45. The van der Waals surface area contributed by atoms with E-state index in [4.69, 9.17) is 5.84 Å². The minimum absolute atomic E-state index is 0.785. The quantitative estimate of drug-likeness (QED) is 0.631. The van der Waals surface area contributed by atoms with Crippen molar-refractivity contribution < 1.29 is 0 Å². The van der Waals surface area contributed by atoms with E-state index in [9.17, 15) is 0 Å². The van der Waals surface area contributed by atoms with Crippen LogP contribution in [-0.2, 0) is 0 Å². The van der Waals surface area contributed by atoms with Gasteiger partial charge in [0.1, 0.15) is 0 Å². The van der Waals surface area contributed by atoms with Gasteiger partial charge in [-0.15, -0.1) is 0 Å². The van der Waals surface area contributed by atoms with Crippen LogP contribution < -0.4 is 5.84 Å². The van der Waals surface area contributed by atoms with Gasteiger partial charge in [0, 0.05) is 25.5 Å². The maximum absolute atomic E-state index is 5.62. The lowest BCUT2D eigenvalue weighted by molar-refractivity contribution is 0.314. The lowest BCUT2D eigenvalue weighted by Gasteiger charge is -2.20. The summed E-state index contributed by atoms with van der Waals surface area (Å²) in [7, 11) is 0. The summed E-state index contributed by atoms with van der Waals surface area (Å²) in [6, 6.07) is 1.82. The molecule has 0 radical (unpaired) electrons. The first-order valence-electron chi connectivity index (χ1n) is 4.32. The van der Waals surface area contributed by atoms with Crippen molar-refractivity contribution in [1.82, 2.24) is 15.0 Å². The van der Waals surface area contributed by atoms with Gasteiger partial charge in [-0.25, -0.2) is 15.0 Å². The molecule has 0 saturated carbocycles. The van der Waals surface area contributed by atoms with Crippen LogP contribution in [0.1, 0.15) is 12.2 Å².